The standard InChI is InChI=1S/C13H21NO3/c1-9-3-2-4-10(7-9)13(17)14(8-12(15)16)11-5-6-11/h9-11H,2-8H2,1H3,(H,15,16)/t9-,10-/m0/s1. The fourth-order valence-electron chi connectivity index (χ4n) is 2.81. The lowest BCUT2D eigenvalue weighted by atomic mass is 9.81. The Morgan fingerprint density at radius 1 is 1.24 bits per heavy atom. The van der Waals surface area contributed by atoms with Gasteiger partial charge in [0.2, 0.25) is 5.91 Å². The number of nitrogens with zero attached hydrogens (tertiary/aromatic N) is 1. The van der Waals surface area contributed by atoms with Gasteiger partial charge in [0.05, 0.1) is 0 Å². The van der Waals surface area contributed by atoms with Crippen molar-refractivity contribution in [1.29, 1.82) is 0 Å². The Bertz CT molecular complexity index is 312. The summed E-state index contributed by atoms with van der Waals surface area (Å²) in [6.45, 7) is 2.06. The van der Waals surface area contributed by atoms with Gasteiger partial charge in [-0.05, 0) is 31.6 Å². The van der Waals surface area contributed by atoms with Gasteiger partial charge in [-0.3, -0.25) is 9.59 Å². The molecule has 2 aliphatic rings. The van der Waals surface area contributed by atoms with E-state index >= 15 is 0 Å². The van der Waals surface area contributed by atoms with Gasteiger partial charge in [-0.25, -0.2) is 0 Å². The van der Waals surface area contributed by atoms with Crippen molar-refractivity contribution in [2.45, 2.75) is 51.5 Å². The van der Waals surface area contributed by atoms with E-state index in [2.05, 4.69) is 6.92 Å². The molecule has 0 heterocycles. The summed E-state index contributed by atoms with van der Waals surface area (Å²) < 4.78 is 0. The Balaban J connectivity index is 1.97. The highest BCUT2D eigenvalue weighted by Crippen LogP contribution is 2.33. The van der Waals surface area contributed by atoms with Crippen LogP contribution in [0.25, 0.3) is 0 Å². The highest BCUT2D eigenvalue weighted by molar-refractivity contribution is 5.83. The zero-order chi connectivity index (χ0) is 12.4. The lowest BCUT2D eigenvalue weighted by Gasteiger charge is -2.30. The number of hydrogen-bond donors (Lipinski definition) is 1. The Morgan fingerprint density at radius 2 is 1.94 bits per heavy atom. The summed E-state index contributed by atoms with van der Waals surface area (Å²) in [6, 6.07) is 0.204. The zero-order valence-corrected chi connectivity index (χ0v) is 10.4. The summed E-state index contributed by atoms with van der Waals surface area (Å²) in [5.41, 5.74) is 0. The molecule has 1 N–H and O–H groups in total. The molecule has 0 bridgehead atoms. The Kier molecular flexibility index (Phi) is 3.69. The fourth-order valence-corrected chi connectivity index (χ4v) is 2.81. The third-order valence-electron chi connectivity index (χ3n) is 3.86. The van der Waals surface area contributed by atoms with Gasteiger partial charge in [-0.1, -0.05) is 19.8 Å². The molecule has 0 aromatic carbocycles. The van der Waals surface area contributed by atoms with Gasteiger partial charge >= 0.3 is 5.97 Å². The van der Waals surface area contributed by atoms with Crippen molar-refractivity contribution in [3.63, 3.8) is 0 Å². The highest BCUT2D eigenvalue weighted by Gasteiger charge is 2.37. The van der Waals surface area contributed by atoms with Gasteiger partial charge in [0, 0.05) is 12.0 Å². The molecule has 2 rings (SSSR count). The molecule has 2 aliphatic carbocycles. The predicted octanol–water partition coefficient (Wildman–Crippen LogP) is 1.89. The molecule has 0 radical (unpaired) electrons. The second-order valence-corrected chi connectivity index (χ2v) is 5.56. The minimum absolute atomic E-state index is 0.0682. The maximum absolute atomic E-state index is 12.3. The van der Waals surface area contributed by atoms with E-state index in [0.717, 1.165) is 32.1 Å². The van der Waals surface area contributed by atoms with Crippen molar-refractivity contribution in [3.8, 4) is 0 Å². The van der Waals surface area contributed by atoms with Gasteiger partial charge < -0.3 is 10.0 Å². The second-order valence-electron chi connectivity index (χ2n) is 5.56. The normalized spacial score (nSPS) is 28.8. The number of carboxylic acid groups (broad SMARTS) is 1. The molecule has 17 heavy (non-hydrogen) atoms. The van der Waals surface area contributed by atoms with Crippen LogP contribution in [0.15, 0.2) is 0 Å². The number of carbonyl (C=O) groups is 2. The average molecular weight is 239 g/mol. The molecule has 96 valence electrons. The molecule has 4 heteroatoms. The number of carbonyl (C=O) groups excluding carboxylic acids is 1. The first-order valence-corrected chi connectivity index (χ1v) is 6.60. The third-order valence-corrected chi connectivity index (χ3v) is 3.86. The molecule has 0 aromatic rings. The largest absolute Gasteiger partial charge is 0.480 e. The van der Waals surface area contributed by atoms with E-state index in [4.69, 9.17) is 5.11 Å². The molecular weight excluding hydrogens is 218 g/mol. The van der Waals surface area contributed by atoms with Crippen LogP contribution in [-0.2, 0) is 9.59 Å². The number of carboxylic acids is 1. The lowest BCUT2D eigenvalue weighted by molar-refractivity contribution is -0.147. The van der Waals surface area contributed by atoms with Crippen LogP contribution in [0.3, 0.4) is 0 Å². The monoisotopic (exact) mass is 239 g/mol. The van der Waals surface area contributed by atoms with Crippen LogP contribution in [0.2, 0.25) is 0 Å². The van der Waals surface area contributed by atoms with Gasteiger partial charge in [0.1, 0.15) is 6.54 Å². The Morgan fingerprint density at radius 3 is 2.47 bits per heavy atom. The topological polar surface area (TPSA) is 57.6 Å². The van der Waals surface area contributed by atoms with Crippen molar-refractivity contribution >= 4 is 11.9 Å². The number of rotatable bonds is 4. The number of amides is 1. The summed E-state index contributed by atoms with van der Waals surface area (Å²) in [5.74, 6) is -0.141. The van der Waals surface area contributed by atoms with Gasteiger partial charge in [-0.2, -0.15) is 0 Å². The van der Waals surface area contributed by atoms with Crippen LogP contribution in [0.4, 0.5) is 0 Å². The molecule has 2 saturated carbocycles. The molecule has 2 fully saturated rings. The highest BCUT2D eigenvalue weighted by atomic mass is 16.4. The van der Waals surface area contributed by atoms with Crippen molar-refractivity contribution in [2.75, 3.05) is 6.54 Å². The first kappa shape index (κ1) is 12.4. The summed E-state index contributed by atoms with van der Waals surface area (Å²) in [6.07, 6.45) is 6.12. The Labute approximate surface area is 102 Å². The van der Waals surface area contributed by atoms with E-state index in [1.165, 1.54) is 6.42 Å². The van der Waals surface area contributed by atoms with Crippen LogP contribution in [0.5, 0.6) is 0 Å². The molecule has 0 spiro atoms. The molecule has 2 atom stereocenters. The fraction of sp³-hybridized carbons (Fsp3) is 0.846. The van der Waals surface area contributed by atoms with E-state index in [1.54, 1.807) is 4.90 Å². The van der Waals surface area contributed by atoms with E-state index in [9.17, 15) is 9.59 Å². The molecule has 0 aliphatic heterocycles. The average Bonchev–Trinajstić information content (AvgIpc) is 3.08. The van der Waals surface area contributed by atoms with Gasteiger partial charge in [-0.15, -0.1) is 0 Å². The minimum atomic E-state index is -0.894. The number of aliphatic carboxylic acids is 1. The van der Waals surface area contributed by atoms with Crippen molar-refractivity contribution in [3.05, 3.63) is 0 Å². The van der Waals surface area contributed by atoms with Gasteiger partial charge in [0.25, 0.3) is 0 Å². The van der Waals surface area contributed by atoms with Crippen LogP contribution >= 0.6 is 0 Å². The first-order valence-electron chi connectivity index (χ1n) is 6.60. The summed E-state index contributed by atoms with van der Waals surface area (Å²) in [4.78, 5) is 24.7. The maximum Gasteiger partial charge on any atom is 0.323 e. The van der Waals surface area contributed by atoms with Crippen molar-refractivity contribution in [2.24, 2.45) is 11.8 Å². The molecule has 0 unspecified atom stereocenters. The van der Waals surface area contributed by atoms with Crippen molar-refractivity contribution < 1.29 is 14.7 Å². The maximum atomic E-state index is 12.3. The zero-order valence-electron chi connectivity index (χ0n) is 10.4. The third kappa shape index (κ3) is 3.20. The SMILES string of the molecule is C[C@H]1CCC[C@H](C(=O)N(CC(=O)O)C2CC2)C1. The lowest BCUT2D eigenvalue weighted by Crippen LogP contribution is -2.42. The second kappa shape index (κ2) is 5.07. The first-order chi connectivity index (χ1) is 8.08. The molecule has 4 nitrogen and oxygen atoms in total. The van der Waals surface area contributed by atoms with Crippen LogP contribution < -0.4 is 0 Å². The van der Waals surface area contributed by atoms with Crippen molar-refractivity contribution in [1.82, 2.24) is 4.90 Å². The van der Waals surface area contributed by atoms with E-state index in [0.29, 0.717) is 5.92 Å². The minimum Gasteiger partial charge on any atom is -0.480 e. The molecular formula is C13H21NO3. The molecule has 1 amide bonds. The van der Waals surface area contributed by atoms with Crippen LogP contribution in [0, 0.1) is 11.8 Å². The Hall–Kier alpha value is -1.06. The smallest absolute Gasteiger partial charge is 0.323 e. The molecule has 0 saturated heterocycles. The quantitative estimate of drug-likeness (QED) is 0.815. The van der Waals surface area contributed by atoms with E-state index < -0.39 is 5.97 Å². The van der Waals surface area contributed by atoms with E-state index in [-0.39, 0.29) is 24.4 Å². The van der Waals surface area contributed by atoms with Crippen LogP contribution in [0.1, 0.15) is 45.4 Å². The summed E-state index contributed by atoms with van der Waals surface area (Å²) in [7, 11) is 0. The van der Waals surface area contributed by atoms with Gasteiger partial charge in [0.15, 0.2) is 0 Å². The molecule has 0 aromatic heterocycles. The summed E-state index contributed by atoms with van der Waals surface area (Å²) in [5, 5.41) is 8.87. The number of hydrogen-bond acceptors (Lipinski definition) is 2. The van der Waals surface area contributed by atoms with Crippen LogP contribution in [-0.4, -0.2) is 34.5 Å². The van der Waals surface area contributed by atoms with E-state index in [1.807, 2.05) is 0 Å². The predicted molar refractivity (Wildman–Crippen MR) is 63.5 cm³/mol. The summed E-state index contributed by atoms with van der Waals surface area (Å²) >= 11 is 0.